The van der Waals surface area contributed by atoms with Crippen LogP contribution in [0.25, 0.3) is 5.65 Å². The zero-order valence-electron chi connectivity index (χ0n) is 11.2. The summed E-state index contributed by atoms with van der Waals surface area (Å²) in [5, 5.41) is 10.7. The van der Waals surface area contributed by atoms with E-state index in [1.807, 2.05) is 12.1 Å². The molecule has 0 aliphatic heterocycles. The van der Waals surface area contributed by atoms with Crippen molar-refractivity contribution in [1.82, 2.24) is 14.6 Å². The number of amides is 1. The smallest absolute Gasteiger partial charge is 0.235 e. The Kier molecular flexibility index (Phi) is 4.01. The van der Waals surface area contributed by atoms with Gasteiger partial charge in [0.05, 0.1) is 5.75 Å². The number of aromatic nitrogens is 3. The molecule has 0 saturated heterocycles. The number of hydrogen-bond acceptors (Lipinski definition) is 4. The van der Waals surface area contributed by atoms with E-state index in [-0.39, 0.29) is 5.75 Å². The lowest BCUT2D eigenvalue weighted by Crippen LogP contribution is -2.16. The number of benzene rings is 1. The number of carbonyl (C=O) groups excluding carboxylic acids is 1. The van der Waals surface area contributed by atoms with E-state index in [2.05, 4.69) is 15.5 Å². The highest BCUT2D eigenvalue weighted by molar-refractivity contribution is 7.99. The molecule has 0 spiro atoms. The number of pyridine rings is 1. The van der Waals surface area contributed by atoms with Crippen LogP contribution < -0.4 is 5.32 Å². The van der Waals surface area contributed by atoms with Crippen molar-refractivity contribution in [1.29, 1.82) is 0 Å². The van der Waals surface area contributed by atoms with E-state index in [0.717, 1.165) is 23.9 Å². The third-order valence-corrected chi connectivity index (χ3v) is 3.79. The molecule has 1 amide bonds. The van der Waals surface area contributed by atoms with Gasteiger partial charge in [0.15, 0.2) is 10.8 Å². The molecule has 0 radical (unpaired) electrons. The quantitative estimate of drug-likeness (QED) is 0.751. The molecule has 0 saturated carbocycles. The second-order valence-electron chi connectivity index (χ2n) is 4.34. The highest BCUT2D eigenvalue weighted by Gasteiger charge is 2.13. The Morgan fingerprint density at radius 1 is 1.14 bits per heavy atom. The van der Waals surface area contributed by atoms with Gasteiger partial charge in [0.25, 0.3) is 0 Å². The Morgan fingerprint density at radius 3 is 2.68 bits per heavy atom. The maximum Gasteiger partial charge on any atom is 0.235 e. The average molecular weight is 320 g/mol. The van der Waals surface area contributed by atoms with Gasteiger partial charge in [0.2, 0.25) is 5.91 Å². The number of nitrogens with one attached hydrogen (secondary N) is 1. The number of fused-ring (bicyclic) bond motifs is 1. The second-order valence-corrected chi connectivity index (χ2v) is 5.29. The van der Waals surface area contributed by atoms with E-state index in [9.17, 15) is 13.6 Å². The minimum Gasteiger partial charge on any atom is -0.320 e. The van der Waals surface area contributed by atoms with Crippen LogP contribution in [0.4, 0.5) is 14.5 Å². The number of rotatable bonds is 4. The Morgan fingerprint density at radius 2 is 1.91 bits per heavy atom. The standard InChI is InChI=1S/C14H10F2N4OS/c15-9-4-3-5-10(16)13(9)17-12(21)8-22-14-19-18-11-6-1-2-7-20(11)14/h1-7H,8H2,(H,17,21). The van der Waals surface area contributed by atoms with Crippen molar-refractivity contribution in [2.45, 2.75) is 5.16 Å². The van der Waals surface area contributed by atoms with Gasteiger partial charge in [-0.3, -0.25) is 9.20 Å². The molecular formula is C14H10F2N4OS. The van der Waals surface area contributed by atoms with E-state index in [4.69, 9.17) is 0 Å². The third-order valence-electron chi connectivity index (χ3n) is 2.84. The molecule has 5 nitrogen and oxygen atoms in total. The molecule has 1 aromatic carbocycles. The summed E-state index contributed by atoms with van der Waals surface area (Å²) in [6.45, 7) is 0. The molecule has 8 heteroatoms. The van der Waals surface area contributed by atoms with Gasteiger partial charge in [0.1, 0.15) is 17.3 Å². The van der Waals surface area contributed by atoms with Crippen LogP contribution in [0.1, 0.15) is 0 Å². The van der Waals surface area contributed by atoms with Crippen LogP contribution >= 0.6 is 11.8 Å². The van der Waals surface area contributed by atoms with E-state index in [0.29, 0.717) is 10.8 Å². The van der Waals surface area contributed by atoms with Gasteiger partial charge in [0, 0.05) is 6.20 Å². The SMILES string of the molecule is O=C(CSc1nnc2ccccn12)Nc1c(F)cccc1F. The number of carbonyl (C=O) groups is 1. The molecule has 0 fully saturated rings. The first-order chi connectivity index (χ1) is 10.6. The summed E-state index contributed by atoms with van der Waals surface area (Å²) < 4.78 is 28.6. The Bertz CT molecular complexity index is 816. The summed E-state index contributed by atoms with van der Waals surface area (Å²) in [4.78, 5) is 11.8. The molecular weight excluding hydrogens is 310 g/mol. The van der Waals surface area contributed by atoms with Crippen LogP contribution in [0.15, 0.2) is 47.8 Å². The number of nitrogens with zero attached hydrogens (tertiary/aromatic N) is 3. The summed E-state index contributed by atoms with van der Waals surface area (Å²) in [5.41, 5.74) is 0.213. The Balaban J connectivity index is 1.68. The second kappa shape index (κ2) is 6.10. The predicted molar refractivity (Wildman–Crippen MR) is 78.7 cm³/mol. The van der Waals surface area contributed by atoms with E-state index in [1.54, 1.807) is 16.7 Å². The summed E-state index contributed by atoms with van der Waals surface area (Å²) >= 11 is 1.13. The molecule has 2 heterocycles. The monoisotopic (exact) mass is 320 g/mol. The fraction of sp³-hybridized carbons (Fsp3) is 0.0714. The Hall–Kier alpha value is -2.48. The lowest BCUT2D eigenvalue weighted by molar-refractivity contribution is -0.113. The molecule has 1 N–H and O–H groups in total. The number of thioether (sulfide) groups is 1. The first-order valence-corrected chi connectivity index (χ1v) is 7.30. The number of para-hydroxylation sites is 1. The van der Waals surface area contributed by atoms with Crippen LogP contribution in [0, 0.1) is 11.6 Å². The molecule has 0 aliphatic carbocycles. The van der Waals surface area contributed by atoms with Crippen molar-refractivity contribution in [3.05, 3.63) is 54.2 Å². The van der Waals surface area contributed by atoms with Crippen molar-refractivity contribution in [2.24, 2.45) is 0 Å². The van der Waals surface area contributed by atoms with E-state index >= 15 is 0 Å². The highest BCUT2D eigenvalue weighted by Crippen LogP contribution is 2.20. The molecule has 2 aromatic heterocycles. The van der Waals surface area contributed by atoms with Crippen LogP contribution in [-0.2, 0) is 4.79 Å². The topological polar surface area (TPSA) is 59.3 Å². The number of hydrogen-bond donors (Lipinski definition) is 1. The molecule has 22 heavy (non-hydrogen) atoms. The van der Waals surface area contributed by atoms with Crippen molar-refractivity contribution < 1.29 is 13.6 Å². The Labute approximate surface area is 128 Å². The van der Waals surface area contributed by atoms with Gasteiger partial charge < -0.3 is 5.32 Å². The average Bonchev–Trinajstić information content (AvgIpc) is 2.92. The first kappa shape index (κ1) is 14.5. The van der Waals surface area contributed by atoms with Crippen LogP contribution in [-0.4, -0.2) is 26.3 Å². The summed E-state index contributed by atoms with van der Waals surface area (Å²) in [6, 6.07) is 8.82. The lowest BCUT2D eigenvalue weighted by Gasteiger charge is -2.06. The van der Waals surface area contributed by atoms with Gasteiger partial charge in [-0.15, -0.1) is 10.2 Å². The lowest BCUT2D eigenvalue weighted by atomic mass is 10.3. The maximum absolute atomic E-state index is 13.4. The van der Waals surface area contributed by atoms with Crippen LogP contribution in [0.3, 0.4) is 0 Å². The molecule has 112 valence electrons. The fourth-order valence-electron chi connectivity index (χ4n) is 1.84. The molecule has 0 aliphatic rings. The van der Waals surface area contributed by atoms with Gasteiger partial charge in [-0.2, -0.15) is 0 Å². The van der Waals surface area contributed by atoms with Crippen molar-refractivity contribution >= 4 is 29.0 Å². The van der Waals surface area contributed by atoms with Gasteiger partial charge >= 0.3 is 0 Å². The van der Waals surface area contributed by atoms with Crippen LogP contribution in [0.5, 0.6) is 0 Å². The molecule has 0 atom stereocenters. The molecule has 3 aromatic rings. The number of anilines is 1. The van der Waals surface area contributed by atoms with Crippen molar-refractivity contribution in [3.8, 4) is 0 Å². The third kappa shape index (κ3) is 2.91. The summed E-state index contributed by atoms with van der Waals surface area (Å²) in [5.74, 6) is -2.19. The molecule has 0 unspecified atom stereocenters. The van der Waals surface area contributed by atoms with Crippen molar-refractivity contribution in [2.75, 3.05) is 11.1 Å². The van der Waals surface area contributed by atoms with Gasteiger partial charge in [-0.05, 0) is 24.3 Å². The highest BCUT2D eigenvalue weighted by atomic mass is 32.2. The zero-order valence-corrected chi connectivity index (χ0v) is 12.0. The minimum atomic E-state index is -0.814. The minimum absolute atomic E-state index is 0.0382. The zero-order chi connectivity index (χ0) is 15.5. The molecule has 3 rings (SSSR count). The van der Waals surface area contributed by atoms with Crippen molar-refractivity contribution in [3.63, 3.8) is 0 Å². The maximum atomic E-state index is 13.4. The van der Waals surface area contributed by atoms with Gasteiger partial charge in [-0.1, -0.05) is 23.9 Å². The number of halogens is 2. The predicted octanol–water partition coefficient (Wildman–Crippen LogP) is 2.74. The first-order valence-electron chi connectivity index (χ1n) is 6.31. The summed E-state index contributed by atoms with van der Waals surface area (Å²) in [6.07, 6.45) is 1.77. The summed E-state index contributed by atoms with van der Waals surface area (Å²) in [7, 11) is 0. The van der Waals surface area contributed by atoms with Crippen LogP contribution in [0.2, 0.25) is 0 Å². The fourth-order valence-corrected chi connectivity index (χ4v) is 2.57. The molecule has 0 bridgehead atoms. The van der Waals surface area contributed by atoms with E-state index < -0.39 is 23.2 Å². The van der Waals surface area contributed by atoms with Gasteiger partial charge in [-0.25, -0.2) is 8.78 Å². The van der Waals surface area contributed by atoms with E-state index in [1.165, 1.54) is 6.07 Å². The largest absolute Gasteiger partial charge is 0.320 e. The normalized spacial score (nSPS) is 10.8.